The first-order chi connectivity index (χ1) is 36.6. The lowest BCUT2D eigenvalue weighted by Crippen LogP contribution is -2.23. The second-order valence-corrected chi connectivity index (χ2v) is 20.1. The lowest BCUT2D eigenvalue weighted by Gasteiger charge is -2.03. The van der Waals surface area contributed by atoms with Crippen LogP contribution in [0.1, 0.15) is 291 Å². The molecule has 13 nitrogen and oxygen atoms in total. The van der Waals surface area contributed by atoms with Gasteiger partial charge < -0.3 is 23.9 Å². The molecule has 2 heterocycles. The smallest absolute Gasteiger partial charge is 0.417 e. The Labute approximate surface area is 460 Å². The Kier molecular flexibility index (Phi) is 64.1. The number of carboxylic acid groups (broad SMARTS) is 1. The van der Waals surface area contributed by atoms with Crippen molar-refractivity contribution < 1.29 is 43.1 Å². The minimum atomic E-state index is -1.51. The highest BCUT2D eigenvalue weighted by Crippen LogP contribution is 2.14. The average Bonchev–Trinajstić information content (AvgIpc) is 4.10. The number of carbonyl (C=O) groups excluding carboxylic acids is 3. The van der Waals surface area contributed by atoms with Crippen molar-refractivity contribution in [1.29, 1.82) is 5.26 Å². The van der Waals surface area contributed by atoms with Crippen molar-refractivity contribution in [3.05, 3.63) is 37.4 Å². The summed E-state index contributed by atoms with van der Waals surface area (Å²) in [6.45, 7) is 13.3. The van der Waals surface area contributed by atoms with Gasteiger partial charge in [0, 0.05) is 25.9 Å². The summed E-state index contributed by atoms with van der Waals surface area (Å²) < 4.78 is 20.1. The Hall–Kier alpha value is -4.21. The van der Waals surface area contributed by atoms with Crippen molar-refractivity contribution in [3.63, 3.8) is 0 Å². The minimum Gasteiger partial charge on any atom is -0.473 e. The van der Waals surface area contributed by atoms with Gasteiger partial charge >= 0.3 is 23.9 Å². The molecule has 0 amide bonds. The number of aromatic nitrogens is 4. The highest BCUT2D eigenvalue weighted by atomic mass is 16.6. The third-order valence-corrected chi connectivity index (χ3v) is 12.9. The van der Waals surface area contributed by atoms with Gasteiger partial charge in [-0.05, 0) is 32.1 Å². The second-order valence-electron chi connectivity index (χ2n) is 20.1. The Balaban J connectivity index is -0.000000905. The van der Waals surface area contributed by atoms with Crippen molar-refractivity contribution >= 4 is 23.9 Å². The van der Waals surface area contributed by atoms with E-state index in [-0.39, 0.29) is 6.61 Å². The second kappa shape index (κ2) is 64.1. The van der Waals surface area contributed by atoms with Gasteiger partial charge in [0.2, 0.25) is 6.33 Å². The fraction of sp³-hybridized carbons (Fsp3) is 0.823. The van der Waals surface area contributed by atoms with Crippen LogP contribution in [0.2, 0.25) is 0 Å². The van der Waals surface area contributed by atoms with E-state index in [1.807, 2.05) is 18.7 Å². The Morgan fingerprint density at radius 2 is 0.787 bits per heavy atom. The van der Waals surface area contributed by atoms with Crippen LogP contribution in [0.15, 0.2) is 37.4 Å². The zero-order valence-corrected chi connectivity index (χ0v) is 49.6. The molecule has 2 rings (SSSR count). The summed E-state index contributed by atoms with van der Waals surface area (Å²) >= 11 is 0. The predicted octanol–water partition coefficient (Wildman–Crippen LogP) is 16.7. The quantitative estimate of drug-likeness (QED) is 0.0222. The summed E-state index contributed by atoms with van der Waals surface area (Å²) in [5.74, 6) is -4.47. The van der Waals surface area contributed by atoms with E-state index >= 15 is 0 Å². The maximum Gasteiger partial charge on any atom is 0.417 e. The van der Waals surface area contributed by atoms with E-state index in [1.165, 1.54) is 245 Å². The lowest BCUT2D eigenvalue weighted by atomic mass is 10.1. The molecule has 13 heteroatoms. The number of unbranched alkanes of at least 4 members (excludes halogenated alkanes) is 36. The molecule has 0 fully saturated rings. The fourth-order valence-corrected chi connectivity index (χ4v) is 8.33. The van der Waals surface area contributed by atoms with Crippen LogP contribution in [0.25, 0.3) is 0 Å². The predicted molar refractivity (Wildman–Crippen MR) is 308 cm³/mol. The number of methoxy groups -OCH3 is 1. The molecule has 0 aromatic carbocycles. The number of rotatable bonds is 44. The zero-order valence-electron chi connectivity index (χ0n) is 49.6. The van der Waals surface area contributed by atoms with Gasteiger partial charge in [-0.1, -0.05) is 252 Å². The molecule has 0 aliphatic carbocycles. The summed E-state index contributed by atoms with van der Waals surface area (Å²) in [7, 11) is 3.25. The van der Waals surface area contributed by atoms with Crippen molar-refractivity contribution in [2.45, 2.75) is 305 Å². The highest BCUT2D eigenvalue weighted by molar-refractivity contribution is 6.29. The average molecular weight is 1060 g/mol. The number of hydrogen-bond acceptors (Lipinski definition) is 9. The molecule has 0 bridgehead atoms. The van der Waals surface area contributed by atoms with E-state index in [2.05, 4.69) is 81.6 Å². The third-order valence-electron chi connectivity index (χ3n) is 12.9. The normalized spacial score (nSPS) is 10.3. The summed E-state index contributed by atoms with van der Waals surface area (Å²) in [4.78, 5) is 46.4. The Bertz CT molecular complexity index is 1530. The molecular formula is C62H116N5O8+. The number of carbonyl (C=O) groups is 4. The molecule has 75 heavy (non-hydrogen) atoms. The standard InChI is InChI=1S/C16H31N2.C15H28N2.C15H28O4.C14H26O4.C2H3N/c1-3-4-5-6-7-8-9-10-11-12-13-18-15-14-17(2)16-18;1-2-3-4-5-6-7-8-9-10-11-13-17-14-12-16-15-17;1-3-4-5-6-7-8-9-10-11-12-13-19-15(17)14(16)18-2;1-2-3-4-5-6-7-8-9-10-11-12-18-14(17)13(15)16;1-2-3/h14-16H,3-13H2,1-2H3;12,14-15H,2-11,13H2,1H3;3-13H2,1-2H3;2-12H2,1H3,(H,15,16);1H3/q+1;;;;. The summed E-state index contributed by atoms with van der Waals surface area (Å²) in [6.07, 6.45) is 64.7. The van der Waals surface area contributed by atoms with Crippen molar-refractivity contribution in [2.75, 3.05) is 20.3 Å². The van der Waals surface area contributed by atoms with Crippen LogP contribution in [-0.4, -0.2) is 63.4 Å². The summed E-state index contributed by atoms with van der Waals surface area (Å²) in [6, 6.07) is 1.75. The van der Waals surface area contributed by atoms with E-state index in [9.17, 15) is 19.2 Å². The van der Waals surface area contributed by atoms with Crippen LogP contribution in [-0.2, 0) is 53.5 Å². The van der Waals surface area contributed by atoms with E-state index < -0.39 is 23.9 Å². The number of aliphatic carboxylic acids is 1. The van der Waals surface area contributed by atoms with E-state index in [1.54, 1.807) is 6.07 Å². The molecule has 2 aromatic rings. The molecule has 0 aliphatic heterocycles. The number of ether oxygens (including phenoxy) is 3. The van der Waals surface area contributed by atoms with Crippen LogP contribution in [0.3, 0.4) is 0 Å². The number of esters is 3. The number of hydrogen-bond donors (Lipinski definition) is 1. The molecule has 0 saturated carbocycles. The molecule has 0 radical (unpaired) electrons. The molecule has 0 unspecified atom stereocenters. The molecule has 0 aliphatic rings. The fourth-order valence-electron chi connectivity index (χ4n) is 8.33. The molecule has 2 aromatic heterocycles. The Morgan fingerprint density at radius 1 is 0.480 bits per heavy atom. The van der Waals surface area contributed by atoms with Gasteiger partial charge in [-0.25, -0.2) is 33.3 Å². The largest absolute Gasteiger partial charge is 0.473 e. The van der Waals surface area contributed by atoms with Gasteiger partial charge in [0.1, 0.15) is 12.4 Å². The van der Waals surface area contributed by atoms with Gasteiger partial charge in [-0.3, -0.25) is 0 Å². The minimum absolute atomic E-state index is 0.224. The van der Waals surface area contributed by atoms with E-state index in [0.29, 0.717) is 6.61 Å². The zero-order chi connectivity index (χ0) is 55.9. The van der Waals surface area contributed by atoms with Gasteiger partial charge in [0.25, 0.3) is 0 Å². The van der Waals surface area contributed by atoms with Crippen LogP contribution < -0.4 is 4.57 Å². The SMILES string of the molecule is CC#N.CCCCCCCCCCCCOC(=O)C(=O)O.CCCCCCCCCCCCOC(=O)C(=O)OC.CCCCCCCCCCCCn1cc[n+](C)c1.CCCCCCCCCCCCn1ccnc1. The number of carboxylic acids is 1. The van der Waals surface area contributed by atoms with Crippen LogP contribution in [0.4, 0.5) is 0 Å². The first kappa shape index (κ1) is 75.0. The lowest BCUT2D eigenvalue weighted by molar-refractivity contribution is -0.671. The molecule has 436 valence electrons. The summed E-state index contributed by atoms with van der Waals surface area (Å²) in [5, 5.41) is 15.6. The van der Waals surface area contributed by atoms with Crippen molar-refractivity contribution in [1.82, 2.24) is 14.1 Å². The number of aryl methyl sites for hydroxylation is 3. The molecule has 0 saturated heterocycles. The third kappa shape index (κ3) is 62.2. The van der Waals surface area contributed by atoms with Crippen LogP contribution in [0, 0.1) is 11.3 Å². The van der Waals surface area contributed by atoms with Gasteiger partial charge in [0.15, 0.2) is 0 Å². The van der Waals surface area contributed by atoms with Crippen LogP contribution >= 0.6 is 0 Å². The topological polar surface area (TPSA) is 167 Å². The van der Waals surface area contributed by atoms with Crippen molar-refractivity contribution in [2.24, 2.45) is 7.05 Å². The van der Waals surface area contributed by atoms with E-state index in [0.717, 1.165) is 38.6 Å². The Morgan fingerprint density at radius 3 is 1.07 bits per heavy atom. The monoisotopic (exact) mass is 1060 g/mol. The number of nitrogens with zero attached hydrogens (tertiary/aromatic N) is 5. The molecular weight excluding hydrogens is 943 g/mol. The summed E-state index contributed by atoms with van der Waals surface area (Å²) in [5.41, 5.74) is 0. The number of imidazole rings is 2. The highest BCUT2D eigenvalue weighted by Gasteiger charge is 2.14. The van der Waals surface area contributed by atoms with Crippen LogP contribution in [0.5, 0.6) is 0 Å². The first-order valence-corrected chi connectivity index (χ1v) is 30.5. The maximum atomic E-state index is 10.9. The van der Waals surface area contributed by atoms with E-state index in [4.69, 9.17) is 15.1 Å². The number of nitriles is 1. The molecule has 0 spiro atoms. The first-order valence-electron chi connectivity index (χ1n) is 30.5. The molecule has 1 N–H and O–H groups in total. The van der Waals surface area contributed by atoms with Gasteiger partial charge in [-0.15, -0.1) is 0 Å². The van der Waals surface area contributed by atoms with Crippen molar-refractivity contribution in [3.8, 4) is 6.07 Å². The van der Waals surface area contributed by atoms with Gasteiger partial charge in [-0.2, -0.15) is 5.26 Å². The maximum absolute atomic E-state index is 10.9. The molecule has 0 atom stereocenters. The van der Waals surface area contributed by atoms with Gasteiger partial charge in [0.05, 0.1) is 46.3 Å².